The molecule has 2 saturated heterocycles. The molecule has 2 aliphatic carbocycles. The van der Waals surface area contributed by atoms with E-state index in [-0.39, 0.29) is 42.7 Å². The summed E-state index contributed by atoms with van der Waals surface area (Å²) in [5.74, 6) is -2.44. The molecule has 0 radical (unpaired) electrons. The molecule has 45 heavy (non-hydrogen) atoms. The van der Waals surface area contributed by atoms with Gasteiger partial charge in [-0.1, -0.05) is 68.5 Å². The Morgan fingerprint density at radius 3 is 2.51 bits per heavy atom. The van der Waals surface area contributed by atoms with Crippen molar-refractivity contribution in [2.45, 2.75) is 70.2 Å². The topological polar surface area (TPSA) is 119 Å². The summed E-state index contributed by atoms with van der Waals surface area (Å²) in [5, 5.41) is 36.3. The summed E-state index contributed by atoms with van der Waals surface area (Å²) in [7, 11) is 0. The normalized spacial score (nSPS) is 40.9. The fourth-order valence-electron chi connectivity index (χ4n) is 10.6. The number of ether oxygens (including phenoxy) is 1. The molecule has 2 spiro atoms. The van der Waals surface area contributed by atoms with Crippen LogP contribution in [-0.4, -0.2) is 64.1 Å². The first-order valence-electron chi connectivity index (χ1n) is 16.2. The molecule has 3 heterocycles. The molecule has 8 nitrogen and oxygen atoms in total. The van der Waals surface area contributed by atoms with Crippen LogP contribution in [0, 0.1) is 39.8 Å². The number of hydrogen-bond acceptors (Lipinski definition) is 7. The van der Waals surface area contributed by atoms with Crippen LogP contribution >= 0.6 is 0 Å². The number of nitrogens with zero attached hydrogens (tertiary/aromatic N) is 1. The number of rotatable bonds is 5. The van der Waals surface area contributed by atoms with Crippen molar-refractivity contribution in [1.29, 1.82) is 0 Å². The molecule has 2 aromatic carbocycles. The highest BCUT2D eigenvalue weighted by Crippen LogP contribution is 2.68. The van der Waals surface area contributed by atoms with Gasteiger partial charge in [-0.05, 0) is 66.9 Å². The van der Waals surface area contributed by atoms with Crippen molar-refractivity contribution in [1.82, 2.24) is 4.90 Å². The predicted molar refractivity (Wildman–Crippen MR) is 165 cm³/mol. The van der Waals surface area contributed by atoms with Gasteiger partial charge in [0.05, 0.1) is 18.4 Å². The summed E-state index contributed by atoms with van der Waals surface area (Å²) >= 11 is 0. The highest BCUT2D eigenvalue weighted by Gasteiger charge is 2.80. The van der Waals surface area contributed by atoms with Crippen molar-refractivity contribution < 1.29 is 34.0 Å². The summed E-state index contributed by atoms with van der Waals surface area (Å²) in [6.45, 7) is 8.87. The lowest BCUT2D eigenvalue weighted by molar-refractivity contribution is -0.166. The van der Waals surface area contributed by atoms with Crippen LogP contribution in [0.4, 0.5) is 10.1 Å². The molecule has 2 saturated carbocycles. The quantitative estimate of drug-likeness (QED) is 0.294. The largest absolute Gasteiger partial charge is 0.462 e. The van der Waals surface area contributed by atoms with E-state index in [1.807, 2.05) is 42.2 Å². The van der Waals surface area contributed by atoms with Gasteiger partial charge < -0.3 is 25.4 Å². The van der Waals surface area contributed by atoms with Crippen LogP contribution in [0.25, 0.3) is 0 Å². The third-order valence-corrected chi connectivity index (χ3v) is 12.8. The second-order valence-electron chi connectivity index (χ2n) is 14.6. The summed E-state index contributed by atoms with van der Waals surface area (Å²) in [4.78, 5) is 30.8. The first-order chi connectivity index (χ1) is 21.5. The number of allylic oxidation sites excluding steroid dienone is 1. The maximum absolute atomic E-state index is 15.4. The molecule has 0 aromatic heterocycles. The van der Waals surface area contributed by atoms with E-state index in [0.29, 0.717) is 31.4 Å². The lowest BCUT2D eigenvalue weighted by Gasteiger charge is -2.60. The van der Waals surface area contributed by atoms with Crippen molar-refractivity contribution in [2.75, 3.05) is 25.1 Å². The van der Waals surface area contributed by atoms with Crippen molar-refractivity contribution in [3.05, 3.63) is 77.6 Å². The molecular formula is C36H43FN2O6. The van der Waals surface area contributed by atoms with Crippen molar-refractivity contribution in [3.8, 4) is 0 Å². The van der Waals surface area contributed by atoms with Gasteiger partial charge in [-0.15, -0.1) is 0 Å². The van der Waals surface area contributed by atoms with Crippen LogP contribution in [0.2, 0.25) is 0 Å². The number of benzene rings is 2. The van der Waals surface area contributed by atoms with Gasteiger partial charge in [0.1, 0.15) is 29.5 Å². The number of halogens is 1. The number of anilines is 1. The minimum atomic E-state index is -1.71. The Balaban J connectivity index is 1.40. The molecule has 2 aromatic rings. The average Bonchev–Trinajstić information content (AvgIpc) is 3.61. The molecule has 5 aliphatic rings. The number of cyclic esters (lactones) is 1. The lowest BCUT2D eigenvalue weighted by atomic mass is 9.45. The van der Waals surface area contributed by atoms with E-state index >= 15 is 4.39 Å². The van der Waals surface area contributed by atoms with Crippen molar-refractivity contribution in [3.63, 3.8) is 0 Å². The number of likely N-dealkylation sites (tertiary alicyclic amines) is 1. The zero-order valence-electron chi connectivity index (χ0n) is 26.0. The molecule has 0 bridgehead atoms. The number of para-hydroxylation sites is 1. The van der Waals surface area contributed by atoms with E-state index in [2.05, 4.69) is 18.8 Å². The molecule has 9 atom stereocenters. The Morgan fingerprint density at radius 1 is 1.07 bits per heavy atom. The van der Waals surface area contributed by atoms with Gasteiger partial charge in [0.15, 0.2) is 0 Å². The maximum atomic E-state index is 15.4. The Labute approximate surface area is 263 Å². The maximum Gasteiger partial charge on any atom is 0.318 e. The van der Waals surface area contributed by atoms with Gasteiger partial charge in [0.25, 0.3) is 5.91 Å². The summed E-state index contributed by atoms with van der Waals surface area (Å²) in [5.41, 5.74) is -2.12. The third-order valence-electron chi connectivity index (χ3n) is 12.8. The second kappa shape index (κ2) is 10.5. The first kappa shape index (κ1) is 30.5. The number of amides is 1. The van der Waals surface area contributed by atoms with Gasteiger partial charge >= 0.3 is 5.97 Å². The van der Waals surface area contributed by atoms with Crippen molar-refractivity contribution in [2.24, 2.45) is 34.0 Å². The number of carbonyl (C=O) groups is 2. The first-order valence-corrected chi connectivity index (χ1v) is 16.2. The van der Waals surface area contributed by atoms with Gasteiger partial charge in [-0.25, -0.2) is 4.39 Å². The predicted octanol–water partition coefficient (Wildman–Crippen LogP) is 4.14. The molecule has 1 unspecified atom stereocenters. The number of aliphatic hydroxyl groups excluding tert-OH is 3. The zero-order chi connectivity index (χ0) is 31.9. The fourth-order valence-corrected chi connectivity index (χ4v) is 10.6. The molecule has 240 valence electrons. The van der Waals surface area contributed by atoms with Crippen LogP contribution in [-0.2, 0) is 26.4 Å². The Hall–Kier alpha value is -3.11. The molecule has 7 rings (SSSR count). The monoisotopic (exact) mass is 618 g/mol. The Morgan fingerprint density at radius 2 is 1.82 bits per heavy atom. The molecule has 9 heteroatoms. The zero-order valence-corrected chi connectivity index (χ0v) is 26.0. The summed E-state index contributed by atoms with van der Waals surface area (Å²) < 4.78 is 21.0. The van der Waals surface area contributed by atoms with E-state index in [0.717, 1.165) is 24.0 Å². The van der Waals surface area contributed by atoms with Gasteiger partial charge in [0.2, 0.25) is 0 Å². The van der Waals surface area contributed by atoms with E-state index in [1.165, 1.54) is 6.07 Å². The smallest absolute Gasteiger partial charge is 0.318 e. The fraction of sp³-hybridized carbons (Fsp3) is 0.556. The molecule has 3 aliphatic heterocycles. The number of fused-ring (bicyclic) bond motifs is 4. The van der Waals surface area contributed by atoms with Crippen LogP contribution in [0.1, 0.15) is 57.1 Å². The highest BCUT2D eigenvalue weighted by atomic mass is 19.1. The van der Waals surface area contributed by atoms with E-state index < -0.39 is 52.2 Å². The summed E-state index contributed by atoms with van der Waals surface area (Å²) in [6.07, 6.45) is 1.27. The molecule has 4 fully saturated rings. The van der Waals surface area contributed by atoms with Crippen molar-refractivity contribution >= 4 is 17.6 Å². The van der Waals surface area contributed by atoms with Gasteiger partial charge in [0, 0.05) is 24.1 Å². The third kappa shape index (κ3) is 3.84. The highest BCUT2D eigenvalue weighted by molar-refractivity contribution is 6.10. The van der Waals surface area contributed by atoms with Crippen LogP contribution in [0.15, 0.2) is 60.7 Å². The Kier molecular flexibility index (Phi) is 7.09. The van der Waals surface area contributed by atoms with Gasteiger partial charge in [-0.2, -0.15) is 0 Å². The molecular weight excluding hydrogens is 575 g/mol. The summed E-state index contributed by atoms with van der Waals surface area (Å²) in [6, 6.07) is 14.1. The van der Waals surface area contributed by atoms with E-state index in [4.69, 9.17) is 4.74 Å². The minimum absolute atomic E-state index is 0.00559. The number of hydrogen-bond donors (Lipinski definition) is 4. The average molecular weight is 619 g/mol. The number of carbonyl (C=O) groups excluding carboxylic acids is 2. The van der Waals surface area contributed by atoms with Crippen LogP contribution in [0.5, 0.6) is 0 Å². The number of esters is 1. The molecule has 4 N–H and O–H groups in total. The van der Waals surface area contributed by atoms with Crippen LogP contribution in [0.3, 0.4) is 0 Å². The number of aliphatic hydroxyl groups is 3. The van der Waals surface area contributed by atoms with E-state index in [1.54, 1.807) is 12.1 Å². The number of nitrogens with one attached hydrogen (secondary N) is 1. The van der Waals surface area contributed by atoms with Crippen LogP contribution < -0.4 is 5.32 Å². The second-order valence-corrected chi connectivity index (χ2v) is 14.6. The standard InChI is InChI=1S/C36H43FN2O6/c1-21-12-13-27-33(2,15-14-28(41)34(27,3)20-40)25(21)16-23-18-39(17-22-8-5-4-6-9-22)36(35(23)29(42)19-45-32(35)44)24-10-7-11-26(37)30(24)38-31(36)43/h4-11,23,25,27-29,40-42H,1,12-20H2,2-3H3,(H,38,43)/t23?,25-,27+,28-,29-,33+,34+,35-,36+/m1/s1. The lowest BCUT2D eigenvalue weighted by Crippen LogP contribution is -2.63. The Bertz CT molecular complexity index is 1550. The SMILES string of the molecule is C=C1CC[C@@H]2[C@](C)(CO)[C@H](O)CC[C@@]2(C)[C@@H]1CC1CN(Cc2ccccc2)[C@@]2(C(=O)Nc3c(F)cccc32)[C@]12C(=O)OC[C@H]2O. The minimum Gasteiger partial charge on any atom is -0.462 e. The van der Waals surface area contributed by atoms with E-state index in [9.17, 15) is 24.9 Å². The molecule has 1 amide bonds. The van der Waals surface area contributed by atoms with Gasteiger partial charge in [-0.3, -0.25) is 14.5 Å².